The molecular weight excluding hydrogens is 515 g/mol. The second-order valence-electron chi connectivity index (χ2n) is 9.93. The zero-order valence-corrected chi connectivity index (χ0v) is 23.0. The van der Waals surface area contributed by atoms with Gasteiger partial charge in [0.05, 0.1) is 30.8 Å². The van der Waals surface area contributed by atoms with Gasteiger partial charge in [0.2, 0.25) is 5.91 Å². The molecular formula is C30H33FN4O3S. The number of nitrogens with one attached hydrogen (secondary N) is 1. The Kier molecular flexibility index (Phi) is 8.47. The molecule has 0 aliphatic carbocycles. The molecule has 3 heterocycles. The summed E-state index contributed by atoms with van der Waals surface area (Å²) < 4.78 is 19.4. The predicted molar refractivity (Wildman–Crippen MR) is 151 cm³/mol. The highest BCUT2D eigenvalue weighted by Gasteiger charge is 2.41. The van der Waals surface area contributed by atoms with Crippen LogP contribution in [0.3, 0.4) is 0 Å². The normalized spacial score (nSPS) is 19.9. The Morgan fingerprint density at radius 2 is 1.90 bits per heavy atom. The number of halogens is 1. The maximum atomic E-state index is 14.3. The van der Waals surface area contributed by atoms with Crippen LogP contribution in [0.5, 0.6) is 0 Å². The van der Waals surface area contributed by atoms with Crippen molar-refractivity contribution in [2.24, 2.45) is 4.99 Å². The molecule has 2 aromatic carbocycles. The number of nitrogens with zero attached hydrogens (tertiary/aromatic N) is 3. The number of esters is 1. The molecule has 5 rings (SSSR count). The number of hydrogen-bond donors (Lipinski definition) is 1. The number of allylic oxidation sites excluding steroid dienone is 1. The average molecular weight is 549 g/mol. The van der Waals surface area contributed by atoms with E-state index in [0.29, 0.717) is 28.4 Å². The molecule has 3 aliphatic heterocycles. The number of carbonyl (C=O) groups is 2. The predicted octanol–water partition coefficient (Wildman–Crippen LogP) is 5.13. The van der Waals surface area contributed by atoms with Crippen LogP contribution in [0, 0.1) is 5.82 Å². The summed E-state index contributed by atoms with van der Waals surface area (Å²) in [6, 6.07) is 16.1. The summed E-state index contributed by atoms with van der Waals surface area (Å²) >= 11 is 1.41. The van der Waals surface area contributed by atoms with E-state index in [-0.39, 0.29) is 18.4 Å². The van der Waals surface area contributed by atoms with Gasteiger partial charge in [0.15, 0.2) is 5.17 Å². The van der Waals surface area contributed by atoms with E-state index in [9.17, 15) is 14.0 Å². The zero-order valence-electron chi connectivity index (χ0n) is 22.2. The highest BCUT2D eigenvalue weighted by molar-refractivity contribution is 8.16. The summed E-state index contributed by atoms with van der Waals surface area (Å²) in [5, 5.41) is 5.78. The molecule has 3 aliphatic rings. The Labute approximate surface area is 232 Å². The molecule has 0 spiro atoms. The fourth-order valence-electron chi connectivity index (χ4n) is 5.42. The van der Waals surface area contributed by atoms with Crippen LogP contribution >= 0.6 is 11.8 Å². The topological polar surface area (TPSA) is 74.2 Å². The number of likely N-dealkylation sites (tertiary alicyclic amines) is 1. The molecule has 1 fully saturated rings. The lowest BCUT2D eigenvalue weighted by Crippen LogP contribution is -2.45. The molecule has 0 aromatic heterocycles. The van der Waals surface area contributed by atoms with Crippen LogP contribution in [0.4, 0.5) is 4.39 Å². The molecule has 39 heavy (non-hydrogen) atoms. The minimum atomic E-state index is -0.633. The van der Waals surface area contributed by atoms with Crippen LogP contribution in [-0.4, -0.2) is 53.1 Å². The standard InChI is InChI=1S/C30H33FN4O3S/c1-3-25-27(29(37)38-2)28(21-10-7-11-22(31)16-21)35-24(19-39-30(35)33-25)17-26(36)32-23-12-14-34(15-13-23)18-20-8-5-4-6-9-20/h4-11,16,19,23,28H,3,12-15,17-18H2,1-2H3,(H,32,36)/t28-/m0/s1. The van der Waals surface area contributed by atoms with Crippen molar-refractivity contribution in [2.45, 2.75) is 51.2 Å². The highest BCUT2D eigenvalue weighted by atomic mass is 32.2. The first kappa shape index (κ1) is 27.1. The van der Waals surface area contributed by atoms with Crippen LogP contribution in [0.15, 0.2) is 82.0 Å². The van der Waals surface area contributed by atoms with E-state index in [4.69, 9.17) is 9.73 Å². The first-order valence-corrected chi connectivity index (χ1v) is 14.2. The number of benzene rings is 2. The van der Waals surface area contributed by atoms with E-state index in [1.165, 1.54) is 36.6 Å². The van der Waals surface area contributed by atoms with Crippen LogP contribution < -0.4 is 5.32 Å². The Morgan fingerprint density at radius 1 is 1.13 bits per heavy atom. The Morgan fingerprint density at radius 3 is 2.59 bits per heavy atom. The van der Waals surface area contributed by atoms with Gasteiger partial charge in [-0.1, -0.05) is 61.2 Å². The molecule has 2 aromatic rings. The van der Waals surface area contributed by atoms with E-state index in [0.717, 1.165) is 38.2 Å². The van der Waals surface area contributed by atoms with E-state index in [2.05, 4.69) is 34.5 Å². The third-order valence-electron chi connectivity index (χ3n) is 7.34. The molecule has 1 saturated heterocycles. The molecule has 1 atom stereocenters. The summed E-state index contributed by atoms with van der Waals surface area (Å²) in [6.07, 6.45) is 2.44. The van der Waals surface area contributed by atoms with Gasteiger partial charge in [-0.2, -0.15) is 0 Å². The molecule has 1 amide bonds. The van der Waals surface area contributed by atoms with Crippen LogP contribution in [0.1, 0.15) is 49.8 Å². The van der Waals surface area contributed by atoms with Crippen molar-refractivity contribution in [1.29, 1.82) is 0 Å². The second-order valence-corrected chi connectivity index (χ2v) is 10.8. The summed E-state index contributed by atoms with van der Waals surface area (Å²) in [6.45, 7) is 4.69. The number of rotatable bonds is 8. The Hall–Kier alpha value is -3.43. The summed E-state index contributed by atoms with van der Waals surface area (Å²) in [5.74, 6) is -0.980. The van der Waals surface area contributed by atoms with Crippen molar-refractivity contribution in [3.05, 3.63) is 93.9 Å². The van der Waals surface area contributed by atoms with Gasteiger partial charge in [-0.15, -0.1) is 0 Å². The number of thioether (sulfide) groups is 1. The van der Waals surface area contributed by atoms with Gasteiger partial charge in [0, 0.05) is 31.4 Å². The molecule has 9 heteroatoms. The number of amides is 1. The molecule has 0 bridgehead atoms. The zero-order chi connectivity index (χ0) is 27.4. The van der Waals surface area contributed by atoms with Crippen LogP contribution in [-0.2, 0) is 20.9 Å². The van der Waals surface area contributed by atoms with Crippen molar-refractivity contribution in [2.75, 3.05) is 20.2 Å². The monoisotopic (exact) mass is 548 g/mol. The Bertz CT molecular complexity index is 1320. The summed E-state index contributed by atoms with van der Waals surface area (Å²) in [5.41, 5.74) is 3.60. The number of methoxy groups -OCH3 is 1. The lowest BCUT2D eigenvalue weighted by Gasteiger charge is -2.37. The number of fused-ring (bicyclic) bond motifs is 1. The van der Waals surface area contributed by atoms with Gasteiger partial charge in [-0.3, -0.25) is 9.69 Å². The Balaban J connectivity index is 1.28. The van der Waals surface area contributed by atoms with Crippen LogP contribution in [0.25, 0.3) is 0 Å². The lowest BCUT2D eigenvalue weighted by atomic mass is 9.92. The molecule has 0 unspecified atom stereocenters. The second kappa shape index (κ2) is 12.2. The third kappa shape index (κ3) is 6.09. The maximum absolute atomic E-state index is 14.3. The van der Waals surface area contributed by atoms with Crippen molar-refractivity contribution < 1.29 is 18.7 Å². The van der Waals surface area contributed by atoms with Gasteiger partial charge in [-0.05, 0) is 47.9 Å². The fraction of sp³-hybridized carbons (Fsp3) is 0.367. The molecule has 1 N–H and O–H groups in total. The fourth-order valence-corrected chi connectivity index (χ4v) is 6.36. The number of carbonyl (C=O) groups excluding carboxylic acids is 2. The smallest absolute Gasteiger partial charge is 0.338 e. The number of amidine groups is 1. The lowest BCUT2D eigenvalue weighted by molar-refractivity contribution is -0.136. The van der Waals surface area contributed by atoms with Crippen molar-refractivity contribution in [3.8, 4) is 0 Å². The molecule has 0 saturated carbocycles. The van der Waals surface area contributed by atoms with E-state index in [1.807, 2.05) is 23.3 Å². The first-order chi connectivity index (χ1) is 19.0. The molecule has 7 nitrogen and oxygen atoms in total. The highest BCUT2D eigenvalue weighted by Crippen LogP contribution is 2.45. The van der Waals surface area contributed by atoms with Crippen molar-refractivity contribution in [3.63, 3.8) is 0 Å². The van der Waals surface area contributed by atoms with Gasteiger partial charge in [-0.25, -0.2) is 14.2 Å². The van der Waals surface area contributed by atoms with Crippen LogP contribution in [0.2, 0.25) is 0 Å². The minimum absolute atomic E-state index is 0.0764. The largest absolute Gasteiger partial charge is 0.466 e. The number of hydrogen-bond acceptors (Lipinski definition) is 7. The van der Waals surface area contributed by atoms with Gasteiger partial charge >= 0.3 is 5.97 Å². The summed E-state index contributed by atoms with van der Waals surface area (Å²) in [4.78, 5) is 35.2. The average Bonchev–Trinajstić information content (AvgIpc) is 3.35. The molecule has 204 valence electrons. The van der Waals surface area contributed by atoms with Crippen molar-refractivity contribution >= 4 is 28.8 Å². The van der Waals surface area contributed by atoms with Crippen molar-refractivity contribution in [1.82, 2.24) is 15.1 Å². The number of ether oxygens (including phenoxy) is 1. The maximum Gasteiger partial charge on any atom is 0.338 e. The summed E-state index contributed by atoms with van der Waals surface area (Å²) in [7, 11) is 1.33. The third-order valence-corrected chi connectivity index (χ3v) is 8.23. The van der Waals surface area contributed by atoms with Gasteiger partial charge in [0.25, 0.3) is 0 Å². The molecule has 0 radical (unpaired) electrons. The van der Waals surface area contributed by atoms with Gasteiger partial charge < -0.3 is 15.0 Å². The number of aliphatic imine (C=N–C) groups is 1. The number of piperidine rings is 1. The quantitative estimate of drug-likeness (QED) is 0.461. The minimum Gasteiger partial charge on any atom is -0.466 e. The van der Waals surface area contributed by atoms with E-state index in [1.54, 1.807) is 12.1 Å². The SMILES string of the molecule is CCC1=C(C(=O)OC)[C@H](c2cccc(F)c2)N2C(CC(=O)NC3CCN(Cc4ccccc4)CC3)=CSC2=N1. The van der Waals surface area contributed by atoms with E-state index >= 15 is 0 Å². The van der Waals surface area contributed by atoms with Gasteiger partial charge in [0.1, 0.15) is 5.82 Å². The first-order valence-electron chi connectivity index (χ1n) is 13.3. The van der Waals surface area contributed by atoms with E-state index < -0.39 is 17.8 Å².